The third-order valence-corrected chi connectivity index (χ3v) is 6.34. The van der Waals surface area contributed by atoms with Crippen LogP contribution in [-0.4, -0.2) is 106 Å². The molecule has 32 heavy (non-hydrogen) atoms. The van der Waals surface area contributed by atoms with Crippen LogP contribution in [0.15, 0.2) is 0 Å². The first kappa shape index (κ1) is 28.3. The molecule has 2 atom stereocenters. The minimum atomic E-state index is -0.940. The van der Waals surface area contributed by atoms with E-state index in [1.807, 2.05) is 4.90 Å². The number of rotatable bonds is 15. The van der Waals surface area contributed by atoms with Crippen molar-refractivity contribution >= 4 is 17.9 Å². The van der Waals surface area contributed by atoms with Gasteiger partial charge in [0.15, 0.2) is 0 Å². The first-order valence-corrected chi connectivity index (χ1v) is 12.1. The molecule has 1 aliphatic heterocycles. The van der Waals surface area contributed by atoms with Crippen molar-refractivity contribution < 1.29 is 29.7 Å². The zero-order valence-corrected chi connectivity index (χ0v) is 19.9. The van der Waals surface area contributed by atoms with Crippen LogP contribution in [0.2, 0.25) is 0 Å². The van der Waals surface area contributed by atoms with Crippen LogP contribution >= 0.6 is 0 Å². The smallest absolute Gasteiger partial charge is 0.320 e. The lowest BCUT2D eigenvalue weighted by Crippen LogP contribution is -2.47. The van der Waals surface area contributed by atoms with Gasteiger partial charge in [0.25, 0.3) is 0 Å². The van der Waals surface area contributed by atoms with Gasteiger partial charge in [-0.25, -0.2) is 0 Å². The normalized spacial score (nSPS) is 18.9. The molecule has 0 bridgehead atoms. The summed E-state index contributed by atoms with van der Waals surface area (Å²) in [5.41, 5.74) is 0. The van der Waals surface area contributed by atoms with E-state index in [1.165, 1.54) is 25.7 Å². The van der Waals surface area contributed by atoms with E-state index in [0.29, 0.717) is 51.6 Å². The van der Waals surface area contributed by atoms with E-state index in [-0.39, 0.29) is 13.1 Å². The van der Waals surface area contributed by atoms with Crippen molar-refractivity contribution in [2.75, 3.05) is 52.4 Å². The molecule has 1 aliphatic rings. The molecule has 0 spiro atoms. The van der Waals surface area contributed by atoms with Crippen LogP contribution in [0.5, 0.6) is 0 Å². The Morgan fingerprint density at radius 3 is 1.62 bits per heavy atom. The minimum absolute atomic E-state index is 0.136. The number of unbranched alkanes of at least 4 members (excludes halogenated alkanes) is 1. The molecule has 0 amide bonds. The highest BCUT2D eigenvalue weighted by atomic mass is 16.4. The minimum Gasteiger partial charge on any atom is -0.480 e. The van der Waals surface area contributed by atoms with Crippen LogP contribution in [0.3, 0.4) is 0 Å². The zero-order chi connectivity index (χ0) is 23.9. The molecule has 0 radical (unpaired) electrons. The Hall–Kier alpha value is -1.71. The van der Waals surface area contributed by atoms with Crippen molar-refractivity contribution in [1.82, 2.24) is 14.7 Å². The molecule has 9 nitrogen and oxygen atoms in total. The summed E-state index contributed by atoms with van der Waals surface area (Å²) in [7, 11) is 0. The number of carboxylic acid groups (broad SMARTS) is 3. The topological polar surface area (TPSA) is 122 Å². The summed E-state index contributed by atoms with van der Waals surface area (Å²) >= 11 is 0. The van der Waals surface area contributed by atoms with Crippen molar-refractivity contribution in [3.05, 3.63) is 0 Å². The van der Waals surface area contributed by atoms with Gasteiger partial charge in [0.1, 0.15) is 6.04 Å². The third kappa shape index (κ3) is 11.8. The van der Waals surface area contributed by atoms with Crippen LogP contribution < -0.4 is 0 Å². The molecule has 0 aromatic carbocycles. The fraction of sp³-hybridized carbons (Fsp3) is 0.870. The highest BCUT2D eigenvalue weighted by Gasteiger charge is 2.28. The van der Waals surface area contributed by atoms with Crippen molar-refractivity contribution in [3.8, 4) is 0 Å². The highest BCUT2D eigenvalue weighted by Crippen LogP contribution is 2.23. The van der Waals surface area contributed by atoms with Crippen LogP contribution in [-0.2, 0) is 14.4 Å². The van der Waals surface area contributed by atoms with Gasteiger partial charge in [0.2, 0.25) is 0 Å². The molecule has 186 valence electrons. The summed E-state index contributed by atoms with van der Waals surface area (Å²) in [6, 6.07) is -0.639. The fourth-order valence-electron chi connectivity index (χ4n) is 4.56. The molecule has 0 saturated carbocycles. The maximum Gasteiger partial charge on any atom is 0.320 e. The number of carboxylic acids is 3. The number of carbonyl (C=O) groups is 3. The van der Waals surface area contributed by atoms with Gasteiger partial charge >= 0.3 is 17.9 Å². The Labute approximate surface area is 192 Å². The van der Waals surface area contributed by atoms with E-state index in [0.717, 1.165) is 19.3 Å². The van der Waals surface area contributed by atoms with E-state index in [1.54, 1.807) is 9.80 Å². The maximum atomic E-state index is 12.1. The van der Waals surface area contributed by atoms with Gasteiger partial charge in [-0.05, 0) is 12.3 Å². The van der Waals surface area contributed by atoms with Gasteiger partial charge in [-0.1, -0.05) is 58.8 Å². The van der Waals surface area contributed by atoms with Gasteiger partial charge in [-0.15, -0.1) is 0 Å². The standard InChI is InChI=1S/C23H43N3O6/c1-3-5-8-19(7-4-2)9-6-10-20(23(31)32)26-15-13-24(17-21(27)28)11-12-25(14-16-26)18-22(29)30/h19-20H,3-18H2,1-2H3,(H,27,28)(H,29,30)(H,31,32). The molecule has 0 aromatic rings. The van der Waals surface area contributed by atoms with Crippen LogP contribution in [0.4, 0.5) is 0 Å². The molecule has 0 aliphatic carbocycles. The van der Waals surface area contributed by atoms with Crippen molar-refractivity contribution in [2.24, 2.45) is 5.92 Å². The van der Waals surface area contributed by atoms with Gasteiger partial charge in [0, 0.05) is 39.3 Å². The molecule has 3 N–H and O–H groups in total. The second-order valence-corrected chi connectivity index (χ2v) is 8.96. The van der Waals surface area contributed by atoms with Crippen molar-refractivity contribution in [3.63, 3.8) is 0 Å². The SMILES string of the molecule is CCCCC(CCC)CCCC(C(=O)O)N1CCN(CC(=O)O)CCN(CC(=O)O)CC1. The summed E-state index contributed by atoms with van der Waals surface area (Å²) in [4.78, 5) is 40.0. The van der Waals surface area contributed by atoms with Crippen LogP contribution in [0.1, 0.15) is 65.2 Å². The van der Waals surface area contributed by atoms with Gasteiger partial charge in [-0.2, -0.15) is 0 Å². The third-order valence-electron chi connectivity index (χ3n) is 6.34. The summed E-state index contributed by atoms with van der Waals surface area (Å²) in [6.07, 6.45) is 8.32. The Bertz CT molecular complexity index is 546. The predicted molar refractivity (Wildman–Crippen MR) is 123 cm³/mol. The Morgan fingerprint density at radius 2 is 1.19 bits per heavy atom. The van der Waals surface area contributed by atoms with Crippen molar-refractivity contribution in [1.29, 1.82) is 0 Å². The first-order valence-electron chi connectivity index (χ1n) is 12.1. The lowest BCUT2D eigenvalue weighted by molar-refractivity contribution is -0.144. The molecule has 9 heteroatoms. The summed E-state index contributed by atoms with van der Waals surface area (Å²) in [5, 5.41) is 28.3. The average Bonchev–Trinajstić information content (AvgIpc) is 2.80. The summed E-state index contributed by atoms with van der Waals surface area (Å²) < 4.78 is 0. The average molecular weight is 458 g/mol. The molecule has 0 aromatic heterocycles. The Balaban J connectivity index is 2.81. The number of hydrogen-bond acceptors (Lipinski definition) is 6. The molecule has 1 fully saturated rings. The second kappa shape index (κ2) is 16.0. The first-order chi connectivity index (χ1) is 15.3. The fourth-order valence-corrected chi connectivity index (χ4v) is 4.56. The van der Waals surface area contributed by atoms with Gasteiger partial charge < -0.3 is 15.3 Å². The zero-order valence-electron chi connectivity index (χ0n) is 19.9. The molecule has 1 heterocycles. The van der Waals surface area contributed by atoms with Crippen molar-refractivity contribution in [2.45, 2.75) is 71.3 Å². The van der Waals surface area contributed by atoms with E-state index >= 15 is 0 Å². The maximum absolute atomic E-state index is 12.1. The van der Waals surface area contributed by atoms with Gasteiger partial charge in [0.05, 0.1) is 13.1 Å². The summed E-state index contributed by atoms with van der Waals surface area (Å²) in [6.45, 7) is 6.81. The number of aliphatic carboxylic acids is 3. The van der Waals surface area contributed by atoms with Gasteiger partial charge in [-0.3, -0.25) is 29.1 Å². The quantitative estimate of drug-likeness (QED) is 0.340. The summed E-state index contributed by atoms with van der Waals surface area (Å²) in [5.74, 6) is -2.10. The largest absolute Gasteiger partial charge is 0.480 e. The lowest BCUT2D eigenvalue weighted by atomic mass is 9.91. The highest BCUT2D eigenvalue weighted by molar-refractivity contribution is 5.73. The Morgan fingerprint density at radius 1 is 0.688 bits per heavy atom. The van der Waals surface area contributed by atoms with Crippen LogP contribution in [0.25, 0.3) is 0 Å². The predicted octanol–water partition coefficient (Wildman–Crippen LogP) is 2.31. The molecule has 1 rings (SSSR count). The molecule has 2 unspecified atom stereocenters. The number of nitrogens with zero attached hydrogens (tertiary/aromatic N) is 3. The lowest BCUT2D eigenvalue weighted by Gasteiger charge is -2.31. The van der Waals surface area contributed by atoms with Crippen LogP contribution in [0, 0.1) is 5.92 Å². The van der Waals surface area contributed by atoms with E-state index < -0.39 is 23.9 Å². The Kier molecular flexibility index (Phi) is 14.2. The number of hydrogen-bond donors (Lipinski definition) is 3. The molecular formula is C23H43N3O6. The second-order valence-electron chi connectivity index (χ2n) is 8.96. The van der Waals surface area contributed by atoms with E-state index in [2.05, 4.69) is 13.8 Å². The van der Waals surface area contributed by atoms with E-state index in [9.17, 15) is 29.7 Å². The molecule has 1 saturated heterocycles. The molecular weight excluding hydrogens is 414 g/mol. The van der Waals surface area contributed by atoms with E-state index in [4.69, 9.17) is 0 Å². The monoisotopic (exact) mass is 457 g/mol.